The maximum atomic E-state index is 6.26. The normalized spacial score (nSPS) is 31.7. The smallest absolute Gasteiger partial charge is 0.0659 e. The quantitative estimate of drug-likeness (QED) is 0.725. The van der Waals surface area contributed by atoms with Crippen LogP contribution in [0.25, 0.3) is 0 Å². The van der Waals surface area contributed by atoms with Gasteiger partial charge in [0.2, 0.25) is 0 Å². The van der Waals surface area contributed by atoms with E-state index < -0.39 is 0 Å². The molecule has 0 saturated carbocycles. The van der Waals surface area contributed by atoms with Gasteiger partial charge in [-0.05, 0) is 39.4 Å². The van der Waals surface area contributed by atoms with Gasteiger partial charge < -0.3 is 20.3 Å². The van der Waals surface area contributed by atoms with Crippen LogP contribution in [0.2, 0.25) is 0 Å². The van der Waals surface area contributed by atoms with Gasteiger partial charge in [0.05, 0.1) is 12.1 Å². The molecule has 2 aliphatic heterocycles. The fraction of sp³-hybridized carbons (Fsp3) is 1.00. The first-order chi connectivity index (χ1) is 7.68. The molecule has 2 heterocycles. The molecule has 2 saturated heterocycles. The van der Waals surface area contributed by atoms with E-state index in [1.54, 1.807) is 0 Å². The summed E-state index contributed by atoms with van der Waals surface area (Å²) in [7, 11) is 2.17. The average Bonchev–Trinajstić information content (AvgIpc) is 2.86. The second-order valence-corrected chi connectivity index (χ2v) is 5.45. The summed E-state index contributed by atoms with van der Waals surface area (Å²) in [5.41, 5.74) is 6.17. The van der Waals surface area contributed by atoms with Crippen LogP contribution in [0.4, 0.5) is 0 Å². The first-order valence-corrected chi connectivity index (χ1v) is 6.46. The molecule has 1 unspecified atom stereocenters. The molecule has 0 radical (unpaired) electrons. The number of likely N-dealkylation sites (tertiary alicyclic amines) is 1. The first kappa shape index (κ1) is 12.3. The van der Waals surface area contributed by atoms with Crippen molar-refractivity contribution < 1.29 is 4.74 Å². The van der Waals surface area contributed by atoms with Gasteiger partial charge in [0.15, 0.2) is 0 Å². The topological polar surface area (TPSA) is 41.7 Å². The van der Waals surface area contributed by atoms with Crippen LogP contribution in [0.5, 0.6) is 0 Å². The molecule has 16 heavy (non-hydrogen) atoms. The highest BCUT2D eigenvalue weighted by atomic mass is 16.5. The third-order valence-corrected chi connectivity index (χ3v) is 3.72. The molecular weight excluding hydrogens is 202 g/mol. The first-order valence-electron chi connectivity index (χ1n) is 6.46. The van der Waals surface area contributed by atoms with Crippen LogP contribution in [0.3, 0.4) is 0 Å². The summed E-state index contributed by atoms with van der Waals surface area (Å²) in [6.45, 7) is 7.39. The van der Waals surface area contributed by atoms with Gasteiger partial charge >= 0.3 is 0 Å². The summed E-state index contributed by atoms with van der Waals surface area (Å²) in [4.78, 5) is 4.90. The maximum Gasteiger partial charge on any atom is 0.0659 e. The van der Waals surface area contributed by atoms with Crippen LogP contribution in [0.1, 0.15) is 19.3 Å². The van der Waals surface area contributed by atoms with E-state index in [9.17, 15) is 0 Å². The summed E-state index contributed by atoms with van der Waals surface area (Å²) in [6.07, 6.45) is 3.75. The largest absolute Gasteiger partial charge is 0.379 e. The number of nitrogens with zero attached hydrogens (tertiary/aromatic N) is 2. The van der Waals surface area contributed by atoms with Gasteiger partial charge in [0.25, 0.3) is 0 Å². The fourth-order valence-corrected chi connectivity index (χ4v) is 2.68. The molecule has 0 aliphatic carbocycles. The molecule has 0 aromatic rings. The SMILES string of the molecule is CN(CCN1CCCC1)CC1(N)CCOC1. The minimum Gasteiger partial charge on any atom is -0.379 e. The molecule has 0 aromatic heterocycles. The van der Waals surface area contributed by atoms with Gasteiger partial charge in [-0.2, -0.15) is 0 Å². The summed E-state index contributed by atoms with van der Waals surface area (Å²) in [5.74, 6) is 0. The Morgan fingerprint density at radius 2 is 2.12 bits per heavy atom. The van der Waals surface area contributed by atoms with Crippen molar-refractivity contribution in [3.63, 3.8) is 0 Å². The molecule has 2 rings (SSSR count). The molecule has 0 aromatic carbocycles. The molecule has 0 bridgehead atoms. The van der Waals surface area contributed by atoms with E-state index in [1.165, 1.54) is 32.5 Å². The third kappa shape index (κ3) is 3.42. The Balaban J connectivity index is 1.65. The molecule has 4 heteroatoms. The number of hydrogen-bond acceptors (Lipinski definition) is 4. The Kier molecular flexibility index (Phi) is 4.19. The lowest BCUT2D eigenvalue weighted by molar-refractivity contribution is 0.157. The molecule has 94 valence electrons. The highest BCUT2D eigenvalue weighted by molar-refractivity contribution is 4.90. The van der Waals surface area contributed by atoms with Gasteiger partial charge in [-0.25, -0.2) is 0 Å². The standard InChI is InChI=1S/C12H25N3O/c1-14(7-8-15-5-2-3-6-15)10-12(13)4-9-16-11-12/h2-11,13H2,1H3. The monoisotopic (exact) mass is 227 g/mol. The van der Waals surface area contributed by atoms with Crippen molar-refractivity contribution in [1.29, 1.82) is 0 Å². The maximum absolute atomic E-state index is 6.26. The van der Waals surface area contributed by atoms with Crippen LogP contribution in [-0.2, 0) is 4.74 Å². The lowest BCUT2D eigenvalue weighted by Gasteiger charge is -2.29. The number of rotatable bonds is 5. The minimum absolute atomic E-state index is 0.0975. The van der Waals surface area contributed by atoms with Crippen molar-refractivity contribution in [2.45, 2.75) is 24.8 Å². The fourth-order valence-electron chi connectivity index (χ4n) is 2.68. The Morgan fingerprint density at radius 1 is 1.38 bits per heavy atom. The van der Waals surface area contributed by atoms with Crippen molar-refractivity contribution in [1.82, 2.24) is 9.80 Å². The van der Waals surface area contributed by atoms with Crippen molar-refractivity contribution in [2.75, 3.05) is 53.0 Å². The van der Waals surface area contributed by atoms with Crippen molar-refractivity contribution in [2.24, 2.45) is 5.73 Å². The summed E-state index contributed by atoms with van der Waals surface area (Å²) in [6, 6.07) is 0. The summed E-state index contributed by atoms with van der Waals surface area (Å²) < 4.78 is 5.38. The second kappa shape index (κ2) is 5.45. The Bertz CT molecular complexity index is 210. The molecule has 0 amide bonds. The third-order valence-electron chi connectivity index (χ3n) is 3.72. The predicted octanol–water partition coefficient (Wildman–Crippen LogP) is 0.132. The highest BCUT2D eigenvalue weighted by Gasteiger charge is 2.31. The zero-order valence-corrected chi connectivity index (χ0v) is 10.5. The van der Waals surface area contributed by atoms with Gasteiger partial charge in [0.1, 0.15) is 0 Å². The van der Waals surface area contributed by atoms with E-state index in [2.05, 4.69) is 16.8 Å². The number of nitrogens with two attached hydrogens (primary N) is 1. The van der Waals surface area contributed by atoms with E-state index in [-0.39, 0.29) is 5.54 Å². The molecule has 2 aliphatic rings. The van der Waals surface area contributed by atoms with Crippen LogP contribution in [0.15, 0.2) is 0 Å². The van der Waals surface area contributed by atoms with E-state index >= 15 is 0 Å². The number of likely N-dealkylation sites (N-methyl/N-ethyl adjacent to an activating group) is 1. The zero-order valence-electron chi connectivity index (χ0n) is 10.5. The summed E-state index contributed by atoms with van der Waals surface area (Å²) in [5, 5.41) is 0. The van der Waals surface area contributed by atoms with Gasteiger partial charge in [-0.1, -0.05) is 0 Å². The predicted molar refractivity (Wildman–Crippen MR) is 65.5 cm³/mol. The van der Waals surface area contributed by atoms with Crippen LogP contribution >= 0.6 is 0 Å². The Hall–Kier alpha value is -0.160. The van der Waals surface area contributed by atoms with Gasteiger partial charge in [-0.15, -0.1) is 0 Å². The van der Waals surface area contributed by atoms with E-state index in [0.29, 0.717) is 0 Å². The highest BCUT2D eigenvalue weighted by Crippen LogP contribution is 2.16. The van der Waals surface area contributed by atoms with E-state index in [1.807, 2.05) is 0 Å². The van der Waals surface area contributed by atoms with Crippen molar-refractivity contribution in [3.8, 4) is 0 Å². The average molecular weight is 227 g/mol. The Labute approximate surface area is 98.7 Å². The number of ether oxygens (including phenoxy) is 1. The van der Waals surface area contributed by atoms with Crippen LogP contribution < -0.4 is 5.73 Å². The molecule has 2 N–H and O–H groups in total. The van der Waals surface area contributed by atoms with Gasteiger partial charge in [-0.3, -0.25) is 0 Å². The molecular formula is C12H25N3O. The molecule has 2 fully saturated rings. The number of hydrogen-bond donors (Lipinski definition) is 1. The molecule has 4 nitrogen and oxygen atoms in total. The zero-order chi connectivity index (χ0) is 11.4. The minimum atomic E-state index is -0.0975. The van der Waals surface area contributed by atoms with E-state index in [4.69, 9.17) is 10.5 Å². The molecule has 1 atom stereocenters. The van der Waals surface area contributed by atoms with Gasteiger partial charge in [0, 0.05) is 26.2 Å². The van der Waals surface area contributed by atoms with Crippen molar-refractivity contribution >= 4 is 0 Å². The lowest BCUT2D eigenvalue weighted by Crippen LogP contribution is -2.50. The van der Waals surface area contributed by atoms with Crippen molar-refractivity contribution in [3.05, 3.63) is 0 Å². The van der Waals surface area contributed by atoms with Crippen LogP contribution in [-0.4, -0.2) is 68.3 Å². The van der Waals surface area contributed by atoms with E-state index in [0.717, 1.165) is 32.7 Å². The molecule has 0 spiro atoms. The second-order valence-electron chi connectivity index (χ2n) is 5.45. The Morgan fingerprint density at radius 3 is 2.75 bits per heavy atom. The summed E-state index contributed by atoms with van der Waals surface area (Å²) >= 11 is 0. The lowest BCUT2D eigenvalue weighted by atomic mass is 10.00. The van der Waals surface area contributed by atoms with Crippen LogP contribution in [0, 0.1) is 0 Å².